The van der Waals surface area contributed by atoms with Crippen LogP contribution in [0.2, 0.25) is 0 Å². The molecule has 2 aromatic rings. The standard InChI is InChI=1S/C17H24N6O5S2/c1-4-22(5-2)30(26,27)13-8-6-12(7-9-13)19-14(24)10-23-16(18)20-21-17(23)29-11-15(25)28-3/h6-9H,4-5,10-11H2,1-3H3,(H2,18,20)(H,19,24). The van der Waals surface area contributed by atoms with E-state index >= 15 is 0 Å². The van der Waals surface area contributed by atoms with E-state index < -0.39 is 21.9 Å². The highest BCUT2D eigenvalue weighted by Gasteiger charge is 2.21. The van der Waals surface area contributed by atoms with Crippen LogP contribution in [0.15, 0.2) is 34.3 Å². The molecule has 11 nitrogen and oxygen atoms in total. The number of sulfonamides is 1. The quantitative estimate of drug-likeness (QED) is 0.391. The highest BCUT2D eigenvalue weighted by Crippen LogP contribution is 2.20. The van der Waals surface area contributed by atoms with E-state index in [1.54, 1.807) is 13.8 Å². The number of nitrogens with zero attached hydrogens (tertiary/aromatic N) is 4. The SMILES string of the molecule is CCN(CC)S(=O)(=O)c1ccc(NC(=O)Cn2c(N)nnc2SCC(=O)OC)cc1. The molecule has 0 unspecified atom stereocenters. The number of rotatable bonds is 10. The number of thioether (sulfide) groups is 1. The number of benzene rings is 1. The Bertz CT molecular complexity index is 987. The van der Waals surface area contributed by atoms with Gasteiger partial charge in [0.2, 0.25) is 21.9 Å². The molecular formula is C17H24N6O5S2. The maximum Gasteiger partial charge on any atom is 0.316 e. The van der Waals surface area contributed by atoms with Crippen molar-refractivity contribution in [2.24, 2.45) is 0 Å². The van der Waals surface area contributed by atoms with Gasteiger partial charge in [-0.2, -0.15) is 4.31 Å². The molecule has 164 valence electrons. The Labute approximate surface area is 179 Å². The minimum absolute atomic E-state index is 0.00126. The topological polar surface area (TPSA) is 150 Å². The maximum absolute atomic E-state index is 12.5. The molecule has 1 aromatic carbocycles. The first kappa shape index (κ1) is 23.6. The number of hydrogen-bond donors (Lipinski definition) is 2. The van der Waals surface area contributed by atoms with Crippen LogP contribution in [-0.4, -0.2) is 65.3 Å². The van der Waals surface area contributed by atoms with Gasteiger partial charge in [0.25, 0.3) is 0 Å². The lowest BCUT2D eigenvalue weighted by atomic mass is 10.3. The summed E-state index contributed by atoms with van der Waals surface area (Å²) in [5.74, 6) is -0.838. The number of carbonyl (C=O) groups excluding carboxylic acids is 2. The number of carbonyl (C=O) groups is 2. The van der Waals surface area contributed by atoms with Gasteiger partial charge in [-0.3, -0.25) is 14.2 Å². The fraction of sp³-hybridized carbons (Fsp3) is 0.412. The van der Waals surface area contributed by atoms with Crippen molar-refractivity contribution >= 4 is 45.3 Å². The van der Waals surface area contributed by atoms with Crippen LogP contribution < -0.4 is 11.1 Å². The number of hydrogen-bond acceptors (Lipinski definition) is 9. The third-order valence-electron chi connectivity index (χ3n) is 4.08. The monoisotopic (exact) mass is 456 g/mol. The summed E-state index contributed by atoms with van der Waals surface area (Å²) in [5.41, 5.74) is 6.18. The lowest BCUT2D eigenvalue weighted by Crippen LogP contribution is -2.30. The average Bonchev–Trinajstić information content (AvgIpc) is 3.06. The maximum atomic E-state index is 12.5. The average molecular weight is 457 g/mol. The summed E-state index contributed by atoms with van der Waals surface area (Å²) in [6.45, 7) is 4.10. The second-order valence-electron chi connectivity index (χ2n) is 5.95. The Morgan fingerprint density at radius 3 is 2.40 bits per heavy atom. The molecule has 2 rings (SSSR count). The largest absolute Gasteiger partial charge is 0.468 e. The lowest BCUT2D eigenvalue weighted by molar-refractivity contribution is -0.137. The summed E-state index contributed by atoms with van der Waals surface area (Å²) < 4.78 is 32.3. The number of anilines is 2. The van der Waals surface area contributed by atoms with Gasteiger partial charge < -0.3 is 15.8 Å². The van der Waals surface area contributed by atoms with E-state index in [-0.39, 0.29) is 23.1 Å². The van der Waals surface area contributed by atoms with Gasteiger partial charge in [0, 0.05) is 18.8 Å². The van der Waals surface area contributed by atoms with Gasteiger partial charge in [-0.05, 0) is 24.3 Å². The van der Waals surface area contributed by atoms with Gasteiger partial charge in [0.05, 0.1) is 17.8 Å². The van der Waals surface area contributed by atoms with Crippen LogP contribution in [0.4, 0.5) is 11.6 Å². The van der Waals surface area contributed by atoms with Crippen LogP contribution >= 0.6 is 11.8 Å². The molecule has 0 bridgehead atoms. The minimum atomic E-state index is -3.57. The van der Waals surface area contributed by atoms with Gasteiger partial charge in [0.15, 0.2) is 5.16 Å². The smallest absolute Gasteiger partial charge is 0.316 e. The Morgan fingerprint density at radius 2 is 1.83 bits per heavy atom. The number of methoxy groups -OCH3 is 1. The summed E-state index contributed by atoms with van der Waals surface area (Å²) in [5, 5.41) is 10.5. The number of ether oxygens (including phenoxy) is 1. The van der Waals surface area contributed by atoms with Gasteiger partial charge >= 0.3 is 5.97 Å². The van der Waals surface area contributed by atoms with Crippen LogP contribution in [0, 0.1) is 0 Å². The van der Waals surface area contributed by atoms with Crippen LogP contribution in [0.1, 0.15) is 13.8 Å². The highest BCUT2D eigenvalue weighted by molar-refractivity contribution is 7.99. The van der Waals surface area contributed by atoms with Crippen LogP contribution in [0.3, 0.4) is 0 Å². The Morgan fingerprint density at radius 1 is 1.20 bits per heavy atom. The zero-order valence-corrected chi connectivity index (χ0v) is 18.5. The van der Waals surface area contributed by atoms with Gasteiger partial charge in [-0.25, -0.2) is 8.42 Å². The van der Waals surface area contributed by atoms with Crippen LogP contribution in [0.5, 0.6) is 0 Å². The van der Waals surface area contributed by atoms with Crippen molar-refractivity contribution in [1.82, 2.24) is 19.1 Å². The van der Waals surface area contributed by atoms with Crippen molar-refractivity contribution in [1.29, 1.82) is 0 Å². The van der Waals surface area contributed by atoms with Gasteiger partial charge in [0.1, 0.15) is 6.54 Å². The molecule has 0 atom stereocenters. The molecule has 30 heavy (non-hydrogen) atoms. The van der Waals surface area contributed by atoms with E-state index in [0.29, 0.717) is 23.9 Å². The minimum Gasteiger partial charge on any atom is -0.468 e. The molecule has 0 saturated heterocycles. The Hall–Kier alpha value is -2.64. The highest BCUT2D eigenvalue weighted by atomic mass is 32.2. The molecule has 0 aliphatic rings. The summed E-state index contributed by atoms with van der Waals surface area (Å²) in [7, 11) is -2.30. The third kappa shape index (κ3) is 5.70. The molecule has 0 radical (unpaired) electrons. The molecule has 1 amide bonds. The fourth-order valence-corrected chi connectivity index (χ4v) is 4.74. The van der Waals surface area contributed by atoms with E-state index in [0.717, 1.165) is 11.8 Å². The lowest BCUT2D eigenvalue weighted by Gasteiger charge is -2.18. The Balaban J connectivity index is 2.06. The number of amides is 1. The molecule has 0 aliphatic heterocycles. The molecule has 0 saturated carbocycles. The normalized spacial score (nSPS) is 11.5. The predicted octanol–water partition coefficient (Wildman–Crippen LogP) is 0.795. The summed E-state index contributed by atoms with van der Waals surface area (Å²) >= 11 is 1.04. The first-order valence-electron chi connectivity index (χ1n) is 9.01. The van der Waals surface area contributed by atoms with Crippen molar-refractivity contribution in [3.8, 4) is 0 Å². The number of nitrogen functional groups attached to an aromatic ring is 1. The van der Waals surface area contributed by atoms with Crippen molar-refractivity contribution in [3.63, 3.8) is 0 Å². The van der Waals surface area contributed by atoms with E-state index in [2.05, 4.69) is 20.3 Å². The van der Waals surface area contributed by atoms with Crippen molar-refractivity contribution in [3.05, 3.63) is 24.3 Å². The third-order valence-corrected chi connectivity index (χ3v) is 7.08. The molecule has 1 heterocycles. The first-order valence-corrected chi connectivity index (χ1v) is 11.4. The molecular weight excluding hydrogens is 432 g/mol. The van der Waals surface area contributed by atoms with E-state index in [1.807, 2.05) is 0 Å². The fourth-order valence-electron chi connectivity index (χ4n) is 2.50. The molecule has 1 aromatic heterocycles. The summed E-state index contributed by atoms with van der Waals surface area (Å²) in [6.07, 6.45) is 0. The van der Waals surface area contributed by atoms with Gasteiger partial charge in [-0.15, -0.1) is 10.2 Å². The zero-order valence-electron chi connectivity index (χ0n) is 16.9. The van der Waals surface area contributed by atoms with Crippen LogP contribution in [0.25, 0.3) is 0 Å². The molecule has 3 N–H and O–H groups in total. The summed E-state index contributed by atoms with van der Waals surface area (Å²) in [4.78, 5) is 23.8. The molecule has 0 aliphatic carbocycles. The van der Waals surface area contributed by atoms with E-state index in [4.69, 9.17) is 5.73 Å². The zero-order chi connectivity index (χ0) is 22.3. The van der Waals surface area contributed by atoms with E-state index in [1.165, 1.54) is 40.2 Å². The van der Waals surface area contributed by atoms with Crippen molar-refractivity contribution in [2.75, 3.05) is 37.0 Å². The second kappa shape index (κ2) is 10.4. The molecule has 0 fully saturated rings. The number of esters is 1. The second-order valence-corrected chi connectivity index (χ2v) is 8.83. The van der Waals surface area contributed by atoms with Crippen molar-refractivity contribution in [2.45, 2.75) is 30.4 Å². The molecule has 0 spiro atoms. The first-order chi connectivity index (χ1) is 14.2. The van der Waals surface area contributed by atoms with Crippen LogP contribution in [-0.2, 0) is 30.9 Å². The number of nitrogens with one attached hydrogen (secondary N) is 1. The number of aromatic nitrogens is 3. The Kier molecular flexibility index (Phi) is 8.20. The predicted molar refractivity (Wildman–Crippen MR) is 112 cm³/mol. The van der Waals surface area contributed by atoms with E-state index in [9.17, 15) is 18.0 Å². The summed E-state index contributed by atoms with van der Waals surface area (Å²) in [6, 6.07) is 5.90. The van der Waals surface area contributed by atoms with Gasteiger partial charge in [-0.1, -0.05) is 25.6 Å². The molecule has 13 heteroatoms. The van der Waals surface area contributed by atoms with Crippen molar-refractivity contribution < 1.29 is 22.7 Å². The number of nitrogens with two attached hydrogens (primary N) is 1.